The minimum atomic E-state index is -0.743. The minimum Gasteiger partial charge on any atom is -0.480 e. The molecule has 17 heavy (non-hydrogen) atoms. The third kappa shape index (κ3) is 4.64. The zero-order chi connectivity index (χ0) is 12.8. The van der Waals surface area contributed by atoms with Crippen LogP contribution in [0.3, 0.4) is 0 Å². The van der Waals surface area contributed by atoms with Crippen molar-refractivity contribution in [3.05, 3.63) is 0 Å². The second-order valence-electron chi connectivity index (χ2n) is 5.28. The summed E-state index contributed by atoms with van der Waals surface area (Å²) in [7, 11) is 1.66. The van der Waals surface area contributed by atoms with Gasteiger partial charge >= 0.3 is 5.97 Å². The molecule has 1 fully saturated rings. The summed E-state index contributed by atoms with van der Waals surface area (Å²) in [5.41, 5.74) is 0. The van der Waals surface area contributed by atoms with E-state index in [4.69, 9.17) is 9.84 Å². The SMILES string of the molecule is COCCN(CC(=O)O)C1CCC(C)C(C)C1. The number of nitrogens with zero attached hydrogens (tertiary/aromatic N) is 1. The molecule has 0 bridgehead atoms. The summed E-state index contributed by atoms with van der Waals surface area (Å²) in [4.78, 5) is 12.9. The van der Waals surface area contributed by atoms with Crippen LogP contribution in [-0.4, -0.2) is 48.8 Å². The van der Waals surface area contributed by atoms with Gasteiger partial charge in [0, 0.05) is 19.7 Å². The zero-order valence-electron chi connectivity index (χ0n) is 11.2. The maximum absolute atomic E-state index is 10.9. The van der Waals surface area contributed by atoms with Gasteiger partial charge in [-0.15, -0.1) is 0 Å². The van der Waals surface area contributed by atoms with Crippen molar-refractivity contribution in [2.75, 3.05) is 26.8 Å². The number of hydrogen-bond donors (Lipinski definition) is 1. The van der Waals surface area contributed by atoms with E-state index in [0.717, 1.165) is 18.8 Å². The molecule has 1 aliphatic carbocycles. The van der Waals surface area contributed by atoms with Crippen molar-refractivity contribution in [1.29, 1.82) is 0 Å². The van der Waals surface area contributed by atoms with Gasteiger partial charge in [0.15, 0.2) is 0 Å². The molecule has 0 aromatic rings. The number of carbonyl (C=O) groups is 1. The Morgan fingerprint density at radius 1 is 1.35 bits per heavy atom. The Morgan fingerprint density at radius 3 is 2.59 bits per heavy atom. The topological polar surface area (TPSA) is 49.8 Å². The van der Waals surface area contributed by atoms with E-state index in [2.05, 4.69) is 18.7 Å². The quantitative estimate of drug-likeness (QED) is 0.773. The Labute approximate surface area is 104 Å². The Bertz CT molecular complexity index is 245. The third-order valence-electron chi connectivity index (χ3n) is 4.01. The van der Waals surface area contributed by atoms with Crippen LogP contribution in [0.5, 0.6) is 0 Å². The Balaban J connectivity index is 2.53. The summed E-state index contributed by atoms with van der Waals surface area (Å²) in [5.74, 6) is 0.709. The Hall–Kier alpha value is -0.610. The molecule has 0 aromatic heterocycles. The Morgan fingerprint density at radius 2 is 2.06 bits per heavy atom. The lowest BCUT2D eigenvalue weighted by atomic mass is 9.78. The van der Waals surface area contributed by atoms with Gasteiger partial charge in [-0.05, 0) is 31.1 Å². The number of aliphatic carboxylic acids is 1. The lowest BCUT2D eigenvalue weighted by Crippen LogP contribution is -2.44. The maximum Gasteiger partial charge on any atom is 0.317 e. The van der Waals surface area contributed by atoms with Gasteiger partial charge in [0.2, 0.25) is 0 Å². The molecule has 100 valence electrons. The first-order chi connectivity index (χ1) is 8.04. The summed E-state index contributed by atoms with van der Waals surface area (Å²) in [6, 6.07) is 0.410. The van der Waals surface area contributed by atoms with Crippen LogP contribution in [0.25, 0.3) is 0 Å². The van der Waals surface area contributed by atoms with E-state index in [9.17, 15) is 4.79 Å². The largest absolute Gasteiger partial charge is 0.480 e. The first-order valence-electron chi connectivity index (χ1n) is 6.49. The number of carboxylic acid groups (broad SMARTS) is 1. The van der Waals surface area contributed by atoms with Crippen LogP contribution in [0.1, 0.15) is 33.1 Å². The van der Waals surface area contributed by atoms with Crippen LogP contribution < -0.4 is 0 Å². The molecule has 1 N–H and O–H groups in total. The van der Waals surface area contributed by atoms with E-state index in [0.29, 0.717) is 25.1 Å². The molecule has 1 saturated carbocycles. The van der Waals surface area contributed by atoms with Crippen LogP contribution in [-0.2, 0) is 9.53 Å². The van der Waals surface area contributed by atoms with E-state index >= 15 is 0 Å². The van der Waals surface area contributed by atoms with Crippen molar-refractivity contribution in [3.63, 3.8) is 0 Å². The number of carboxylic acids is 1. The average molecular weight is 243 g/mol. The molecular formula is C13H25NO3. The van der Waals surface area contributed by atoms with Crippen molar-refractivity contribution in [1.82, 2.24) is 4.90 Å². The van der Waals surface area contributed by atoms with Crippen molar-refractivity contribution < 1.29 is 14.6 Å². The standard InChI is InChI=1S/C13H25NO3/c1-10-4-5-12(8-11(10)2)14(6-7-17-3)9-13(15)16/h10-12H,4-9H2,1-3H3,(H,15,16). The molecule has 1 aliphatic rings. The first-order valence-corrected chi connectivity index (χ1v) is 6.49. The molecule has 4 nitrogen and oxygen atoms in total. The molecule has 0 aliphatic heterocycles. The van der Waals surface area contributed by atoms with E-state index in [1.807, 2.05) is 0 Å². The summed E-state index contributed by atoms with van der Waals surface area (Å²) in [5, 5.41) is 8.95. The predicted molar refractivity (Wildman–Crippen MR) is 67.1 cm³/mol. The van der Waals surface area contributed by atoms with Crippen molar-refractivity contribution in [3.8, 4) is 0 Å². The molecule has 0 aromatic carbocycles. The van der Waals surface area contributed by atoms with Gasteiger partial charge in [-0.25, -0.2) is 0 Å². The van der Waals surface area contributed by atoms with E-state index in [-0.39, 0.29) is 6.54 Å². The molecule has 4 heteroatoms. The van der Waals surface area contributed by atoms with Crippen molar-refractivity contribution in [2.24, 2.45) is 11.8 Å². The van der Waals surface area contributed by atoms with Crippen LogP contribution >= 0.6 is 0 Å². The second-order valence-corrected chi connectivity index (χ2v) is 5.28. The fraction of sp³-hybridized carbons (Fsp3) is 0.923. The lowest BCUT2D eigenvalue weighted by Gasteiger charge is -2.38. The molecule has 3 atom stereocenters. The molecule has 3 unspecified atom stereocenters. The van der Waals surface area contributed by atoms with Crippen molar-refractivity contribution in [2.45, 2.75) is 39.2 Å². The number of rotatable bonds is 6. The zero-order valence-corrected chi connectivity index (χ0v) is 11.2. The van der Waals surface area contributed by atoms with Gasteiger partial charge in [0.25, 0.3) is 0 Å². The monoisotopic (exact) mass is 243 g/mol. The van der Waals surface area contributed by atoms with Gasteiger partial charge in [-0.3, -0.25) is 9.69 Å². The highest BCUT2D eigenvalue weighted by atomic mass is 16.5. The molecular weight excluding hydrogens is 218 g/mol. The van der Waals surface area contributed by atoms with Crippen LogP contribution in [0, 0.1) is 11.8 Å². The highest BCUT2D eigenvalue weighted by molar-refractivity contribution is 5.69. The van der Waals surface area contributed by atoms with Gasteiger partial charge in [-0.2, -0.15) is 0 Å². The van der Waals surface area contributed by atoms with Crippen molar-refractivity contribution >= 4 is 5.97 Å². The highest BCUT2D eigenvalue weighted by Gasteiger charge is 2.29. The molecule has 0 amide bonds. The van der Waals surface area contributed by atoms with Gasteiger partial charge in [0.1, 0.15) is 0 Å². The Kier molecular flexibility index (Phi) is 5.92. The van der Waals surface area contributed by atoms with Crippen LogP contribution in [0.4, 0.5) is 0 Å². The number of hydrogen-bond acceptors (Lipinski definition) is 3. The van der Waals surface area contributed by atoms with Gasteiger partial charge < -0.3 is 9.84 Å². The molecule has 0 radical (unpaired) electrons. The highest BCUT2D eigenvalue weighted by Crippen LogP contribution is 2.31. The lowest BCUT2D eigenvalue weighted by molar-refractivity contribution is -0.139. The van der Waals surface area contributed by atoms with E-state index in [1.54, 1.807) is 7.11 Å². The average Bonchev–Trinajstić information content (AvgIpc) is 2.27. The van der Waals surface area contributed by atoms with E-state index in [1.165, 1.54) is 6.42 Å². The fourth-order valence-electron chi connectivity index (χ4n) is 2.62. The maximum atomic E-state index is 10.9. The molecule has 0 heterocycles. The molecule has 0 saturated heterocycles. The minimum absolute atomic E-state index is 0.134. The molecule has 1 rings (SSSR count). The first kappa shape index (κ1) is 14.5. The predicted octanol–water partition coefficient (Wildman–Crippen LogP) is 1.84. The second kappa shape index (κ2) is 6.97. The smallest absolute Gasteiger partial charge is 0.317 e. The number of ether oxygens (including phenoxy) is 1. The summed E-state index contributed by atoms with van der Waals surface area (Å²) in [6.07, 6.45) is 3.43. The summed E-state index contributed by atoms with van der Waals surface area (Å²) >= 11 is 0. The summed E-state index contributed by atoms with van der Waals surface area (Å²) < 4.78 is 5.06. The number of methoxy groups -OCH3 is 1. The fourth-order valence-corrected chi connectivity index (χ4v) is 2.62. The van der Waals surface area contributed by atoms with Crippen LogP contribution in [0.15, 0.2) is 0 Å². The molecule has 0 spiro atoms. The summed E-state index contributed by atoms with van der Waals surface area (Å²) in [6.45, 7) is 6.01. The normalized spacial score (nSPS) is 29.5. The van der Waals surface area contributed by atoms with Gasteiger partial charge in [0.05, 0.1) is 13.2 Å². The van der Waals surface area contributed by atoms with Crippen LogP contribution in [0.2, 0.25) is 0 Å². The third-order valence-corrected chi connectivity index (χ3v) is 4.01. The van der Waals surface area contributed by atoms with E-state index < -0.39 is 5.97 Å². The van der Waals surface area contributed by atoms with Gasteiger partial charge in [-0.1, -0.05) is 13.8 Å².